The fourth-order valence-electron chi connectivity index (χ4n) is 9.66. The van der Waals surface area contributed by atoms with Crippen molar-refractivity contribution in [1.82, 2.24) is 9.55 Å². The van der Waals surface area contributed by atoms with Gasteiger partial charge >= 0.3 is 0 Å². The Kier molecular flexibility index (Phi) is 7.52. The maximum Gasteiger partial charge on any atom is 0.145 e. The molecule has 0 spiro atoms. The Hall–Kier alpha value is -5.93. The van der Waals surface area contributed by atoms with Gasteiger partial charge in [-0.05, 0) is 84.3 Å². The second-order valence-corrected chi connectivity index (χ2v) is 16.1. The molecule has 2 nitrogen and oxygen atoms in total. The average Bonchev–Trinajstić information content (AvgIpc) is 3.70. The summed E-state index contributed by atoms with van der Waals surface area (Å²) in [6, 6.07) is 51.7. The minimum absolute atomic E-state index is 0.0652. The van der Waals surface area contributed by atoms with Crippen molar-refractivity contribution in [3.63, 3.8) is 0 Å². The van der Waals surface area contributed by atoms with Crippen LogP contribution in [0, 0.1) is 0 Å². The van der Waals surface area contributed by atoms with Crippen molar-refractivity contribution in [3.05, 3.63) is 151 Å². The molecule has 10 rings (SSSR count). The molecule has 1 aliphatic carbocycles. The van der Waals surface area contributed by atoms with Crippen LogP contribution in [0.2, 0.25) is 0 Å². The van der Waals surface area contributed by atoms with Gasteiger partial charge in [0.15, 0.2) is 0 Å². The van der Waals surface area contributed by atoms with Crippen LogP contribution in [0.1, 0.15) is 25.0 Å². The molecule has 0 unspecified atom stereocenters. The van der Waals surface area contributed by atoms with Crippen molar-refractivity contribution in [2.75, 3.05) is 0 Å². The summed E-state index contributed by atoms with van der Waals surface area (Å²) in [5, 5.41) is 5.06. The van der Waals surface area contributed by atoms with E-state index in [1.165, 1.54) is 99.1 Å². The molecule has 0 radical (unpaired) electrons. The van der Waals surface area contributed by atoms with E-state index in [0.29, 0.717) is 0 Å². The van der Waals surface area contributed by atoms with Crippen molar-refractivity contribution >= 4 is 99.1 Å². The van der Waals surface area contributed by atoms with Crippen molar-refractivity contribution in [3.8, 4) is 50.5 Å². The standard InChI is InChI=1S/C48H39B5N2/c1-48(2)35-16-8-7-11-29(35)30-24-23-28(25-36(30)48)40-33-14-5-3-12-31(33)39(32-13-4-6-15-34(32)40)26-19-21-27(22-20-26)47-54-37-17-9-10-18-38(37)55(47)46-44(52)42(50)41(49)43(51)45(46)53/h3-25H,49-53H2,1-2H3. The van der Waals surface area contributed by atoms with Crippen molar-refractivity contribution in [2.24, 2.45) is 0 Å². The van der Waals surface area contributed by atoms with Crippen LogP contribution in [0.4, 0.5) is 0 Å². The van der Waals surface area contributed by atoms with Gasteiger partial charge < -0.3 is 0 Å². The SMILES string of the molecule is Bc1c(B)c(B)c(-n2c(-c3ccc(-c4c5ccccc5c(-c5ccc6c(c5)C(C)(C)c5ccccc5-6)c5ccccc45)cc3)nc3ccccc32)c(B)c1B. The van der Waals surface area contributed by atoms with Crippen LogP contribution < -0.4 is 27.3 Å². The van der Waals surface area contributed by atoms with Crippen molar-refractivity contribution < 1.29 is 0 Å². The van der Waals surface area contributed by atoms with E-state index in [-0.39, 0.29) is 5.41 Å². The molecule has 9 aromatic rings. The van der Waals surface area contributed by atoms with Gasteiger partial charge in [-0.15, -0.1) is 5.46 Å². The molecule has 0 amide bonds. The number of aromatic nitrogens is 2. The minimum atomic E-state index is -0.0652. The van der Waals surface area contributed by atoms with E-state index in [1.54, 1.807) is 0 Å². The number of benzene rings is 8. The molecule has 256 valence electrons. The first-order valence-electron chi connectivity index (χ1n) is 19.5. The Balaban J connectivity index is 1.16. The van der Waals surface area contributed by atoms with Crippen LogP contribution in [-0.4, -0.2) is 48.8 Å². The smallest absolute Gasteiger partial charge is 0.145 e. The lowest BCUT2D eigenvalue weighted by molar-refractivity contribution is 0.660. The van der Waals surface area contributed by atoms with E-state index in [9.17, 15) is 0 Å². The van der Waals surface area contributed by atoms with Gasteiger partial charge in [-0.25, -0.2) is 4.98 Å². The zero-order valence-electron chi connectivity index (χ0n) is 32.7. The van der Waals surface area contributed by atoms with E-state index in [2.05, 4.69) is 197 Å². The maximum absolute atomic E-state index is 5.28. The molecule has 8 aromatic carbocycles. The molecular formula is C48H39B5N2. The lowest BCUT2D eigenvalue weighted by Crippen LogP contribution is -2.56. The molecule has 0 N–H and O–H groups in total. The molecule has 0 saturated heterocycles. The van der Waals surface area contributed by atoms with E-state index < -0.39 is 0 Å². The first kappa shape index (κ1) is 33.6. The second kappa shape index (κ2) is 12.3. The van der Waals surface area contributed by atoms with Crippen LogP contribution in [-0.2, 0) is 5.41 Å². The average molecular weight is 698 g/mol. The van der Waals surface area contributed by atoms with Gasteiger partial charge in [-0.1, -0.05) is 157 Å². The summed E-state index contributed by atoms with van der Waals surface area (Å²) in [7, 11) is 11.3. The summed E-state index contributed by atoms with van der Waals surface area (Å²) in [5.74, 6) is 0.966. The minimum Gasteiger partial charge on any atom is -0.294 e. The lowest BCUT2D eigenvalue weighted by Gasteiger charge is -2.23. The molecule has 0 bridgehead atoms. The van der Waals surface area contributed by atoms with E-state index in [1.807, 2.05) is 0 Å². The number of hydrogen-bond donors (Lipinski definition) is 0. The molecule has 1 aromatic heterocycles. The quantitative estimate of drug-likeness (QED) is 0.202. The summed E-state index contributed by atoms with van der Waals surface area (Å²) in [6.45, 7) is 4.73. The van der Waals surface area contributed by atoms with Gasteiger partial charge in [-0.3, -0.25) is 4.57 Å². The Morgan fingerprint density at radius 2 is 0.927 bits per heavy atom. The summed E-state index contributed by atoms with van der Waals surface area (Å²) in [5.41, 5.74) is 21.6. The number of rotatable bonds is 4. The van der Waals surface area contributed by atoms with Gasteiger partial charge in [0.2, 0.25) is 0 Å². The number of imidazole rings is 1. The molecule has 1 heterocycles. The fourth-order valence-corrected chi connectivity index (χ4v) is 9.66. The molecule has 7 heteroatoms. The van der Waals surface area contributed by atoms with E-state index in [4.69, 9.17) is 4.98 Å². The number of para-hydroxylation sites is 2. The van der Waals surface area contributed by atoms with E-state index in [0.717, 1.165) is 22.4 Å². The Morgan fingerprint density at radius 3 is 1.56 bits per heavy atom. The highest BCUT2D eigenvalue weighted by Crippen LogP contribution is 2.51. The van der Waals surface area contributed by atoms with Crippen molar-refractivity contribution in [1.29, 1.82) is 0 Å². The Bertz CT molecular complexity index is 2980. The van der Waals surface area contributed by atoms with Crippen LogP contribution in [0.15, 0.2) is 140 Å². The Labute approximate surface area is 327 Å². The van der Waals surface area contributed by atoms with Gasteiger partial charge in [0, 0.05) is 16.7 Å². The predicted molar refractivity (Wildman–Crippen MR) is 251 cm³/mol. The molecule has 0 fully saturated rings. The molecule has 0 saturated carbocycles. The predicted octanol–water partition coefficient (Wildman–Crippen LogP) is 3.93. The summed E-state index contributed by atoms with van der Waals surface area (Å²) < 4.78 is 2.39. The molecule has 0 aliphatic heterocycles. The van der Waals surface area contributed by atoms with Gasteiger partial charge in [0.05, 0.1) is 11.0 Å². The van der Waals surface area contributed by atoms with Crippen LogP contribution in [0.3, 0.4) is 0 Å². The largest absolute Gasteiger partial charge is 0.294 e. The third kappa shape index (κ3) is 4.85. The zero-order chi connectivity index (χ0) is 37.7. The second-order valence-electron chi connectivity index (χ2n) is 16.1. The normalized spacial score (nSPS) is 13.1. The van der Waals surface area contributed by atoms with Gasteiger partial charge in [0.25, 0.3) is 0 Å². The number of nitrogens with zero attached hydrogens (tertiary/aromatic N) is 2. The van der Waals surface area contributed by atoms with Crippen LogP contribution in [0.25, 0.3) is 83.0 Å². The molecule has 1 aliphatic rings. The van der Waals surface area contributed by atoms with Crippen molar-refractivity contribution in [2.45, 2.75) is 19.3 Å². The lowest BCUT2D eigenvalue weighted by atomic mass is 9.61. The number of hydrogen-bond acceptors (Lipinski definition) is 1. The highest BCUT2D eigenvalue weighted by molar-refractivity contribution is 6.68. The Morgan fingerprint density at radius 1 is 0.455 bits per heavy atom. The molecule has 0 atom stereocenters. The third-order valence-corrected chi connectivity index (χ3v) is 13.0. The fraction of sp³-hybridized carbons (Fsp3) is 0.0625. The van der Waals surface area contributed by atoms with Gasteiger partial charge in [-0.2, -0.15) is 0 Å². The maximum atomic E-state index is 5.28. The van der Waals surface area contributed by atoms with Crippen LogP contribution in [0.5, 0.6) is 0 Å². The third-order valence-electron chi connectivity index (χ3n) is 13.0. The number of fused-ring (bicyclic) bond motifs is 6. The monoisotopic (exact) mass is 698 g/mol. The summed E-state index contributed by atoms with van der Waals surface area (Å²) in [6.07, 6.45) is 0. The topological polar surface area (TPSA) is 17.8 Å². The zero-order valence-corrected chi connectivity index (χ0v) is 32.7. The molecule has 55 heavy (non-hydrogen) atoms. The summed E-state index contributed by atoms with van der Waals surface area (Å²) >= 11 is 0. The van der Waals surface area contributed by atoms with Crippen LogP contribution >= 0.6 is 0 Å². The van der Waals surface area contributed by atoms with Gasteiger partial charge in [0.1, 0.15) is 45.1 Å². The molecular weight excluding hydrogens is 659 g/mol. The highest BCUT2D eigenvalue weighted by Gasteiger charge is 2.35. The highest BCUT2D eigenvalue weighted by atomic mass is 15.1. The summed E-state index contributed by atoms with van der Waals surface area (Å²) in [4.78, 5) is 5.28. The first-order chi connectivity index (χ1) is 26.6. The first-order valence-corrected chi connectivity index (χ1v) is 19.5. The van der Waals surface area contributed by atoms with E-state index >= 15 is 0 Å².